The molecule has 4 nitrogen and oxygen atoms in total. The number of halogens is 1. The zero-order chi connectivity index (χ0) is 14.1. The van der Waals surface area contributed by atoms with Gasteiger partial charge in [0.15, 0.2) is 5.11 Å². The molecule has 1 saturated heterocycles. The van der Waals surface area contributed by atoms with E-state index >= 15 is 0 Å². The van der Waals surface area contributed by atoms with Crippen LogP contribution in [0.3, 0.4) is 0 Å². The van der Waals surface area contributed by atoms with E-state index in [1.807, 2.05) is 30.3 Å². The standard InChI is InChI=1S/C14H9BrN2O2S/c15-9-3-1-8(2-4-9)12-6-5-10(19-12)7-11-13(18)17-14(20)16-11/h1-7H,(H2,16,17,18,20). The van der Waals surface area contributed by atoms with Crippen LogP contribution < -0.4 is 10.6 Å². The molecule has 2 N–H and O–H groups in total. The van der Waals surface area contributed by atoms with E-state index in [-0.39, 0.29) is 5.91 Å². The summed E-state index contributed by atoms with van der Waals surface area (Å²) in [6, 6.07) is 11.5. The fourth-order valence-electron chi connectivity index (χ4n) is 1.82. The summed E-state index contributed by atoms with van der Waals surface area (Å²) in [4.78, 5) is 11.5. The quantitative estimate of drug-likeness (QED) is 0.646. The first kappa shape index (κ1) is 13.1. The highest BCUT2D eigenvalue weighted by molar-refractivity contribution is 9.10. The smallest absolute Gasteiger partial charge is 0.274 e. The minimum Gasteiger partial charge on any atom is -0.457 e. The number of benzene rings is 1. The number of carbonyl (C=O) groups excluding carboxylic acids is 1. The molecule has 0 spiro atoms. The molecular formula is C14H9BrN2O2S. The second-order valence-corrected chi connectivity index (χ2v) is 5.50. The monoisotopic (exact) mass is 348 g/mol. The Morgan fingerprint density at radius 3 is 2.50 bits per heavy atom. The first-order chi connectivity index (χ1) is 9.61. The van der Waals surface area contributed by atoms with E-state index in [0.29, 0.717) is 16.6 Å². The predicted molar refractivity (Wildman–Crippen MR) is 83.7 cm³/mol. The van der Waals surface area contributed by atoms with Crippen LogP contribution in [0.4, 0.5) is 0 Å². The molecule has 1 aliphatic rings. The maximum Gasteiger partial charge on any atom is 0.274 e. The number of carbonyl (C=O) groups is 1. The summed E-state index contributed by atoms with van der Waals surface area (Å²) in [5, 5.41) is 5.58. The predicted octanol–water partition coefficient (Wildman–Crippen LogP) is 3.05. The first-order valence-electron chi connectivity index (χ1n) is 5.81. The normalized spacial score (nSPS) is 16.4. The van der Waals surface area contributed by atoms with Crippen molar-refractivity contribution < 1.29 is 9.21 Å². The van der Waals surface area contributed by atoms with E-state index in [2.05, 4.69) is 26.6 Å². The van der Waals surface area contributed by atoms with E-state index in [9.17, 15) is 4.79 Å². The Morgan fingerprint density at radius 2 is 1.85 bits per heavy atom. The van der Waals surface area contributed by atoms with Gasteiger partial charge < -0.3 is 9.73 Å². The molecule has 2 heterocycles. The molecule has 1 fully saturated rings. The molecule has 1 aromatic heterocycles. The van der Waals surface area contributed by atoms with Crippen molar-refractivity contribution in [2.75, 3.05) is 0 Å². The number of hydrogen-bond donors (Lipinski definition) is 2. The Balaban J connectivity index is 1.87. The third kappa shape index (κ3) is 2.66. The second kappa shape index (κ2) is 5.22. The van der Waals surface area contributed by atoms with Gasteiger partial charge in [-0.1, -0.05) is 28.1 Å². The average molecular weight is 349 g/mol. The third-order valence-electron chi connectivity index (χ3n) is 2.76. The minimum absolute atomic E-state index is 0.253. The van der Waals surface area contributed by atoms with Gasteiger partial charge in [-0.15, -0.1) is 0 Å². The zero-order valence-corrected chi connectivity index (χ0v) is 12.5. The molecule has 3 rings (SSSR count). The Morgan fingerprint density at radius 1 is 1.10 bits per heavy atom. The van der Waals surface area contributed by atoms with E-state index in [0.717, 1.165) is 15.8 Å². The maximum atomic E-state index is 11.5. The third-order valence-corrected chi connectivity index (χ3v) is 3.49. The summed E-state index contributed by atoms with van der Waals surface area (Å²) >= 11 is 8.25. The van der Waals surface area contributed by atoms with Crippen LogP contribution in [0, 0.1) is 0 Å². The molecule has 0 aliphatic carbocycles. The van der Waals surface area contributed by atoms with Gasteiger partial charge in [-0.3, -0.25) is 10.1 Å². The second-order valence-electron chi connectivity index (χ2n) is 4.18. The van der Waals surface area contributed by atoms with Gasteiger partial charge in [0.2, 0.25) is 0 Å². The summed E-state index contributed by atoms with van der Waals surface area (Å²) < 4.78 is 6.71. The van der Waals surface area contributed by atoms with Crippen molar-refractivity contribution in [2.45, 2.75) is 0 Å². The van der Waals surface area contributed by atoms with Crippen LogP contribution >= 0.6 is 28.1 Å². The Kier molecular flexibility index (Phi) is 3.42. The van der Waals surface area contributed by atoms with Gasteiger partial charge in [0.05, 0.1) is 0 Å². The van der Waals surface area contributed by atoms with Crippen LogP contribution in [0.2, 0.25) is 0 Å². The lowest BCUT2D eigenvalue weighted by atomic mass is 10.2. The van der Waals surface area contributed by atoms with E-state index in [1.54, 1.807) is 12.1 Å². The first-order valence-corrected chi connectivity index (χ1v) is 7.02. The summed E-state index contributed by atoms with van der Waals surface area (Å²) in [6.45, 7) is 0. The lowest BCUT2D eigenvalue weighted by Crippen LogP contribution is -2.21. The largest absolute Gasteiger partial charge is 0.457 e. The van der Waals surface area contributed by atoms with E-state index in [1.165, 1.54) is 0 Å². The van der Waals surface area contributed by atoms with Crippen molar-refractivity contribution in [1.29, 1.82) is 0 Å². The highest BCUT2D eigenvalue weighted by Crippen LogP contribution is 2.25. The average Bonchev–Trinajstić information content (AvgIpc) is 2.98. The van der Waals surface area contributed by atoms with Gasteiger partial charge in [0.25, 0.3) is 5.91 Å². The summed E-state index contributed by atoms with van der Waals surface area (Å²) in [5.41, 5.74) is 1.35. The van der Waals surface area contributed by atoms with Crippen molar-refractivity contribution in [3.63, 3.8) is 0 Å². The fraction of sp³-hybridized carbons (Fsp3) is 0. The molecule has 1 aromatic carbocycles. The van der Waals surface area contributed by atoms with Gasteiger partial charge in [0.1, 0.15) is 17.2 Å². The molecule has 0 atom stereocenters. The lowest BCUT2D eigenvalue weighted by Gasteiger charge is -1.97. The van der Waals surface area contributed by atoms with Gasteiger partial charge >= 0.3 is 0 Å². The number of amides is 1. The van der Waals surface area contributed by atoms with Crippen molar-refractivity contribution in [3.05, 3.63) is 52.3 Å². The molecule has 1 aliphatic heterocycles. The molecule has 6 heteroatoms. The Labute approximate surface area is 129 Å². The molecule has 2 aromatic rings. The molecular weight excluding hydrogens is 340 g/mol. The SMILES string of the molecule is O=C1NC(=S)NC1=Cc1ccc(-c2ccc(Br)cc2)o1. The molecule has 0 saturated carbocycles. The van der Waals surface area contributed by atoms with Crippen LogP contribution in [0.5, 0.6) is 0 Å². The minimum atomic E-state index is -0.253. The molecule has 20 heavy (non-hydrogen) atoms. The highest BCUT2D eigenvalue weighted by atomic mass is 79.9. The Bertz CT molecular complexity index is 719. The molecule has 1 amide bonds. The van der Waals surface area contributed by atoms with Gasteiger partial charge in [-0.05, 0) is 36.5 Å². The summed E-state index contributed by atoms with van der Waals surface area (Å²) in [6.07, 6.45) is 1.62. The van der Waals surface area contributed by atoms with Crippen LogP contribution in [0.15, 0.2) is 51.0 Å². The number of thiocarbonyl (C=S) groups is 1. The fourth-order valence-corrected chi connectivity index (χ4v) is 2.29. The molecule has 0 unspecified atom stereocenters. The van der Waals surface area contributed by atoms with E-state index in [4.69, 9.17) is 16.6 Å². The van der Waals surface area contributed by atoms with Crippen molar-refractivity contribution in [2.24, 2.45) is 0 Å². The van der Waals surface area contributed by atoms with Crippen molar-refractivity contribution in [3.8, 4) is 11.3 Å². The van der Waals surface area contributed by atoms with Crippen LogP contribution in [-0.4, -0.2) is 11.0 Å². The van der Waals surface area contributed by atoms with Gasteiger partial charge in [0, 0.05) is 16.1 Å². The topological polar surface area (TPSA) is 54.3 Å². The summed E-state index contributed by atoms with van der Waals surface area (Å²) in [7, 11) is 0. The highest BCUT2D eigenvalue weighted by Gasteiger charge is 2.20. The number of rotatable bonds is 2. The number of hydrogen-bond acceptors (Lipinski definition) is 3. The molecule has 100 valence electrons. The van der Waals surface area contributed by atoms with Crippen LogP contribution in [0.25, 0.3) is 17.4 Å². The number of furan rings is 1. The molecule has 0 radical (unpaired) electrons. The summed E-state index contributed by atoms with van der Waals surface area (Å²) in [5.74, 6) is 1.08. The van der Waals surface area contributed by atoms with E-state index < -0.39 is 0 Å². The van der Waals surface area contributed by atoms with Crippen LogP contribution in [-0.2, 0) is 4.79 Å². The van der Waals surface area contributed by atoms with Gasteiger partial charge in [-0.25, -0.2) is 0 Å². The number of nitrogens with one attached hydrogen (secondary N) is 2. The van der Waals surface area contributed by atoms with Crippen molar-refractivity contribution >= 4 is 45.2 Å². The van der Waals surface area contributed by atoms with Crippen molar-refractivity contribution in [1.82, 2.24) is 10.6 Å². The Hall–Kier alpha value is -1.92. The molecule has 0 bridgehead atoms. The lowest BCUT2D eigenvalue weighted by molar-refractivity contribution is -0.115. The maximum absolute atomic E-state index is 11.5. The van der Waals surface area contributed by atoms with Crippen LogP contribution in [0.1, 0.15) is 5.76 Å². The van der Waals surface area contributed by atoms with Gasteiger partial charge in [-0.2, -0.15) is 0 Å². The zero-order valence-electron chi connectivity index (χ0n) is 10.1.